The van der Waals surface area contributed by atoms with Gasteiger partial charge in [0.2, 0.25) is 5.91 Å². The van der Waals surface area contributed by atoms with Gasteiger partial charge in [-0.25, -0.2) is 0 Å². The van der Waals surface area contributed by atoms with Gasteiger partial charge in [0.05, 0.1) is 19.1 Å². The Balaban J connectivity index is 1.65. The Labute approximate surface area is 151 Å². The Morgan fingerprint density at radius 1 is 1.16 bits per heavy atom. The molecule has 1 aromatic carbocycles. The van der Waals surface area contributed by atoms with Crippen LogP contribution in [0.5, 0.6) is 0 Å². The average Bonchev–Trinajstić information content (AvgIpc) is 3.04. The lowest BCUT2D eigenvalue weighted by atomic mass is 9.76. The van der Waals surface area contributed by atoms with Gasteiger partial charge in [-0.1, -0.05) is 49.1 Å². The molecule has 2 aliphatic rings. The summed E-state index contributed by atoms with van der Waals surface area (Å²) in [6, 6.07) is 8.47. The van der Waals surface area contributed by atoms with Gasteiger partial charge >= 0.3 is 0 Å². The third-order valence-corrected chi connectivity index (χ3v) is 5.62. The molecule has 1 atom stereocenters. The molecule has 2 fully saturated rings. The van der Waals surface area contributed by atoms with E-state index in [2.05, 4.69) is 36.5 Å². The zero-order valence-corrected chi connectivity index (χ0v) is 15.6. The molecule has 0 radical (unpaired) electrons. The summed E-state index contributed by atoms with van der Waals surface area (Å²) in [4.78, 5) is 13.0. The second kappa shape index (κ2) is 8.33. The first-order valence-corrected chi connectivity index (χ1v) is 9.70. The smallest absolute Gasteiger partial charge is 0.227 e. The average molecular weight is 345 g/mol. The lowest BCUT2D eigenvalue weighted by Crippen LogP contribution is -2.38. The minimum absolute atomic E-state index is 0.0425. The molecule has 1 saturated carbocycles. The summed E-state index contributed by atoms with van der Waals surface area (Å²) < 4.78 is 11.2. The molecule has 4 nitrogen and oxygen atoms in total. The summed E-state index contributed by atoms with van der Waals surface area (Å²) in [7, 11) is 0. The normalized spacial score (nSPS) is 21.8. The Kier molecular flexibility index (Phi) is 6.13. The van der Waals surface area contributed by atoms with E-state index in [0.29, 0.717) is 32.1 Å². The SMILES string of the molecule is Cc1ccc(C(C(=O)NCCC2(C)OCCO2)C2CCCCC2)cc1. The Hall–Kier alpha value is -1.39. The molecule has 0 bridgehead atoms. The quantitative estimate of drug-likeness (QED) is 0.850. The number of aryl methyl sites for hydroxylation is 1. The topological polar surface area (TPSA) is 47.6 Å². The van der Waals surface area contributed by atoms with E-state index >= 15 is 0 Å². The summed E-state index contributed by atoms with van der Waals surface area (Å²) >= 11 is 0. The lowest BCUT2D eigenvalue weighted by Gasteiger charge is -2.30. The molecule has 1 amide bonds. The molecule has 3 rings (SSSR count). The Morgan fingerprint density at radius 3 is 2.44 bits per heavy atom. The van der Waals surface area contributed by atoms with Gasteiger partial charge in [-0.3, -0.25) is 4.79 Å². The fourth-order valence-corrected chi connectivity index (χ4v) is 4.10. The van der Waals surface area contributed by atoms with Crippen molar-refractivity contribution in [3.8, 4) is 0 Å². The first-order valence-electron chi connectivity index (χ1n) is 9.70. The van der Waals surface area contributed by atoms with Crippen LogP contribution in [0.4, 0.5) is 0 Å². The highest BCUT2D eigenvalue weighted by atomic mass is 16.7. The van der Waals surface area contributed by atoms with Crippen molar-refractivity contribution in [2.45, 2.75) is 64.1 Å². The molecule has 138 valence electrons. The molecule has 1 saturated heterocycles. The first-order chi connectivity index (χ1) is 12.1. The van der Waals surface area contributed by atoms with Crippen molar-refractivity contribution in [3.63, 3.8) is 0 Å². The molecule has 1 aliphatic carbocycles. The van der Waals surface area contributed by atoms with E-state index in [0.717, 1.165) is 18.4 Å². The molecule has 1 heterocycles. The molecular formula is C21H31NO3. The number of amides is 1. The third kappa shape index (κ3) is 4.83. The summed E-state index contributed by atoms with van der Waals surface area (Å²) in [5.74, 6) is 0.0137. The second-order valence-corrected chi connectivity index (χ2v) is 7.66. The maximum atomic E-state index is 13.0. The molecule has 1 aromatic rings. The summed E-state index contributed by atoms with van der Waals surface area (Å²) in [6.45, 7) is 5.90. The van der Waals surface area contributed by atoms with Crippen molar-refractivity contribution in [2.24, 2.45) is 5.92 Å². The molecule has 0 aromatic heterocycles. The fraction of sp³-hybridized carbons (Fsp3) is 0.667. The largest absolute Gasteiger partial charge is 0.355 e. The van der Waals surface area contributed by atoms with Crippen molar-refractivity contribution < 1.29 is 14.3 Å². The monoisotopic (exact) mass is 345 g/mol. The second-order valence-electron chi connectivity index (χ2n) is 7.66. The van der Waals surface area contributed by atoms with E-state index in [1.54, 1.807) is 0 Å². The van der Waals surface area contributed by atoms with Crippen molar-refractivity contribution in [3.05, 3.63) is 35.4 Å². The number of carbonyl (C=O) groups is 1. The van der Waals surface area contributed by atoms with E-state index < -0.39 is 5.79 Å². The molecular weight excluding hydrogens is 314 g/mol. The minimum Gasteiger partial charge on any atom is -0.355 e. The number of hydrogen-bond acceptors (Lipinski definition) is 3. The maximum absolute atomic E-state index is 13.0. The zero-order valence-electron chi connectivity index (χ0n) is 15.6. The lowest BCUT2D eigenvalue weighted by molar-refractivity contribution is -0.146. The first kappa shape index (κ1) is 18.4. The van der Waals surface area contributed by atoms with Gasteiger partial charge < -0.3 is 14.8 Å². The highest BCUT2D eigenvalue weighted by Gasteiger charge is 2.33. The number of hydrogen-bond donors (Lipinski definition) is 1. The van der Waals surface area contributed by atoms with Crippen LogP contribution in [-0.4, -0.2) is 31.5 Å². The summed E-state index contributed by atoms with van der Waals surface area (Å²) in [5, 5.41) is 3.15. The highest BCUT2D eigenvalue weighted by Crippen LogP contribution is 2.36. The third-order valence-electron chi connectivity index (χ3n) is 5.62. The zero-order chi connectivity index (χ0) is 17.7. The minimum atomic E-state index is -0.544. The van der Waals surface area contributed by atoms with E-state index in [4.69, 9.17) is 9.47 Å². The standard InChI is InChI=1S/C21H31NO3/c1-16-8-10-18(11-9-16)19(17-6-4-3-5-7-17)20(23)22-13-12-21(2)24-14-15-25-21/h8-11,17,19H,3-7,12-15H2,1-2H3,(H,22,23). The number of benzene rings is 1. The predicted molar refractivity (Wildman–Crippen MR) is 98.4 cm³/mol. The fourth-order valence-electron chi connectivity index (χ4n) is 4.10. The van der Waals surface area contributed by atoms with E-state index in [-0.39, 0.29) is 11.8 Å². The number of ether oxygens (including phenoxy) is 2. The molecule has 25 heavy (non-hydrogen) atoms. The molecule has 1 N–H and O–H groups in total. The number of carbonyl (C=O) groups excluding carboxylic acids is 1. The van der Waals surface area contributed by atoms with Crippen LogP contribution in [0.3, 0.4) is 0 Å². The molecule has 4 heteroatoms. The van der Waals surface area contributed by atoms with Gasteiger partial charge in [-0.2, -0.15) is 0 Å². The van der Waals surface area contributed by atoms with Crippen LogP contribution in [-0.2, 0) is 14.3 Å². The van der Waals surface area contributed by atoms with Gasteiger partial charge in [0.25, 0.3) is 0 Å². The van der Waals surface area contributed by atoms with Gasteiger partial charge in [0.1, 0.15) is 0 Å². The van der Waals surface area contributed by atoms with Crippen LogP contribution in [0, 0.1) is 12.8 Å². The van der Waals surface area contributed by atoms with Crippen LogP contribution in [0.2, 0.25) is 0 Å². The van der Waals surface area contributed by atoms with Gasteiger partial charge in [-0.15, -0.1) is 0 Å². The van der Waals surface area contributed by atoms with Crippen molar-refractivity contribution in [2.75, 3.05) is 19.8 Å². The highest BCUT2D eigenvalue weighted by molar-refractivity contribution is 5.84. The van der Waals surface area contributed by atoms with Gasteiger partial charge in [0.15, 0.2) is 5.79 Å². The molecule has 0 spiro atoms. The van der Waals surface area contributed by atoms with Crippen molar-refractivity contribution in [1.82, 2.24) is 5.32 Å². The summed E-state index contributed by atoms with van der Waals surface area (Å²) in [5.41, 5.74) is 2.38. The van der Waals surface area contributed by atoms with Crippen molar-refractivity contribution >= 4 is 5.91 Å². The predicted octanol–water partition coefficient (Wildman–Crippen LogP) is 3.93. The summed E-state index contributed by atoms with van der Waals surface area (Å²) in [6.07, 6.45) is 6.75. The Morgan fingerprint density at radius 2 is 1.80 bits per heavy atom. The van der Waals surface area contributed by atoms with E-state index in [1.807, 2.05) is 6.92 Å². The Bertz CT molecular complexity index is 557. The number of rotatable bonds is 6. The van der Waals surface area contributed by atoms with E-state index in [1.165, 1.54) is 24.8 Å². The van der Waals surface area contributed by atoms with E-state index in [9.17, 15) is 4.79 Å². The van der Waals surface area contributed by atoms with Crippen LogP contribution < -0.4 is 5.32 Å². The maximum Gasteiger partial charge on any atom is 0.227 e. The van der Waals surface area contributed by atoms with Crippen LogP contribution in [0.25, 0.3) is 0 Å². The molecule has 1 unspecified atom stereocenters. The number of nitrogens with one attached hydrogen (secondary N) is 1. The van der Waals surface area contributed by atoms with Crippen LogP contribution in [0.1, 0.15) is 62.5 Å². The van der Waals surface area contributed by atoms with Gasteiger partial charge in [0, 0.05) is 13.0 Å². The molecule has 1 aliphatic heterocycles. The van der Waals surface area contributed by atoms with Crippen LogP contribution >= 0.6 is 0 Å². The van der Waals surface area contributed by atoms with Crippen LogP contribution in [0.15, 0.2) is 24.3 Å². The van der Waals surface area contributed by atoms with Gasteiger partial charge in [-0.05, 0) is 38.2 Å². The van der Waals surface area contributed by atoms with Crippen molar-refractivity contribution in [1.29, 1.82) is 0 Å².